The average Bonchev–Trinajstić information content (AvgIpc) is 2.45. The Morgan fingerprint density at radius 1 is 1.64 bits per heavy atom. The molecule has 4 heteroatoms. The van der Waals surface area contributed by atoms with Gasteiger partial charge in [0, 0.05) is 7.05 Å². The molecule has 0 aliphatic carbocycles. The zero-order valence-electron chi connectivity index (χ0n) is 5.94. The second-order valence-electron chi connectivity index (χ2n) is 2.30. The fourth-order valence-electron chi connectivity index (χ4n) is 0.945. The molecule has 0 unspecified atom stereocenters. The number of aryl methyl sites for hydroxylation is 1. The quantitative estimate of drug-likeness (QED) is 0.585. The molecule has 0 saturated heterocycles. The van der Waals surface area contributed by atoms with Crippen LogP contribution in [-0.4, -0.2) is 9.55 Å². The van der Waals surface area contributed by atoms with Crippen molar-refractivity contribution in [2.75, 3.05) is 0 Å². The fraction of sp³-hybridized carbons (Fsp3) is 0.143. The van der Waals surface area contributed by atoms with Crippen LogP contribution < -0.4 is 5.56 Å². The van der Waals surface area contributed by atoms with Crippen LogP contribution in [0.2, 0.25) is 0 Å². The van der Waals surface area contributed by atoms with E-state index in [1.807, 2.05) is 5.38 Å². The first kappa shape index (κ1) is 6.54. The van der Waals surface area contributed by atoms with Crippen LogP contribution in [0.5, 0.6) is 0 Å². The average molecular weight is 166 g/mol. The number of nitrogens with zero attached hydrogens (tertiary/aromatic N) is 2. The Morgan fingerprint density at radius 3 is 3.27 bits per heavy atom. The van der Waals surface area contributed by atoms with E-state index in [-0.39, 0.29) is 5.56 Å². The molecule has 0 aliphatic heterocycles. The van der Waals surface area contributed by atoms with Gasteiger partial charge >= 0.3 is 0 Å². The predicted octanol–water partition coefficient (Wildman–Crippen LogP) is 0.995. The summed E-state index contributed by atoms with van der Waals surface area (Å²) in [6.45, 7) is 0. The molecule has 0 fully saturated rings. The molecule has 3 nitrogen and oxygen atoms in total. The zero-order chi connectivity index (χ0) is 7.84. The van der Waals surface area contributed by atoms with E-state index in [1.54, 1.807) is 19.4 Å². The van der Waals surface area contributed by atoms with Gasteiger partial charge < -0.3 is 4.57 Å². The normalized spacial score (nSPS) is 10.6. The van der Waals surface area contributed by atoms with Gasteiger partial charge in [0.15, 0.2) is 0 Å². The summed E-state index contributed by atoms with van der Waals surface area (Å²) in [6, 6.07) is 1.80. The van der Waals surface area contributed by atoms with Crippen molar-refractivity contribution in [1.29, 1.82) is 0 Å². The summed E-state index contributed by atoms with van der Waals surface area (Å²) >= 11 is 1.49. The third-order valence-corrected chi connectivity index (χ3v) is 2.36. The molecule has 0 radical (unpaired) electrons. The molecule has 0 amide bonds. The van der Waals surface area contributed by atoms with Gasteiger partial charge in [0.25, 0.3) is 5.56 Å². The second kappa shape index (κ2) is 2.17. The van der Waals surface area contributed by atoms with E-state index in [1.165, 1.54) is 15.9 Å². The Balaban J connectivity index is 3.05. The first-order valence-corrected chi connectivity index (χ1v) is 4.06. The van der Waals surface area contributed by atoms with Gasteiger partial charge in [-0.05, 0) is 11.4 Å². The highest BCUT2D eigenvalue weighted by molar-refractivity contribution is 7.16. The Kier molecular flexibility index (Phi) is 1.29. The fourth-order valence-corrected chi connectivity index (χ4v) is 1.67. The van der Waals surface area contributed by atoms with Gasteiger partial charge in [-0.15, -0.1) is 11.3 Å². The predicted molar refractivity (Wildman–Crippen MR) is 44.9 cm³/mol. The molecule has 2 aromatic rings. The van der Waals surface area contributed by atoms with Crippen LogP contribution in [0.1, 0.15) is 0 Å². The summed E-state index contributed by atoms with van der Waals surface area (Å²) in [7, 11) is 1.70. The van der Waals surface area contributed by atoms with Crippen molar-refractivity contribution >= 4 is 21.6 Å². The molecule has 0 saturated carbocycles. The number of hydrogen-bond acceptors (Lipinski definition) is 3. The molecule has 2 aromatic heterocycles. The summed E-state index contributed by atoms with van der Waals surface area (Å²) < 4.78 is 1.48. The highest BCUT2D eigenvalue weighted by atomic mass is 32.1. The van der Waals surface area contributed by atoms with Crippen molar-refractivity contribution in [1.82, 2.24) is 9.55 Å². The van der Waals surface area contributed by atoms with E-state index in [0.29, 0.717) is 5.39 Å². The molecular formula is C7H6N2OS. The van der Waals surface area contributed by atoms with Crippen LogP contribution in [0.25, 0.3) is 10.2 Å². The van der Waals surface area contributed by atoms with E-state index < -0.39 is 0 Å². The monoisotopic (exact) mass is 166 g/mol. The molecule has 0 atom stereocenters. The Morgan fingerprint density at radius 2 is 2.45 bits per heavy atom. The molecule has 0 N–H and O–H groups in total. The maximum atomic E-state index is 11.3. The molecule has 2 heterocycles. The third-order valence-electron chi connectivity index (χ3n) is 1.54. The molecular weight excluding hydrogens is 160 g/mol. The highest BCUT2D eigenvalue weighted by Crippen LogP contribution is 2.12. The molecule has 0 spiro atoms. The van der Waals surface area contributed by atoms with Gasteiger partial charge in [-0.3, -0.25) is 4.79 Å². The van der Waals surface area contributed by atoms with Crippen LogP contribution >= 0.6 is 11.3 Å². The van der Waals surface area contributed by atoms with Crippen LogP contribution in [-0.2, 0) is 7.05 Å². The number of rotatable bonds is 0. The first-order valence-electron chi connectivity index (χ1n) is 3.18. The van der Waals surface area contributed by atoms with E-state index >= 15 is 0 Å². The summed E-state index contributed by atoms with van der Waals surface area (Å²) in [4.78, 5) is 16.2. The van der Waals surface area contributed by atoms with Gasteiger partial charge in [-0.2, -0.15) is 0 Å². The van der Waals surface area contributed by atoms with Crippen molar-refractivity contribution in [2.24, 2.45) is 7.05 Å². The molecule has 0 aromatic carbocycles. The van der Waals surface area contributed by atoms with Crippen molar-refractivity contribution in [3.8, 4) is 0 Å². The standard InChI is InChI=1S/C7H6N2OS/c1-9-4-8-6-5(7(9)10)2-3-11-6/h2-4H,1H3. The van der Waals surface area contributed by atoms with Crippen molar-refractivity contribution in [3.05, 3.63) is 28.1 Å². The lowest BCUT2D eigenvalue weighted by Crippen LogP contribution is -2.15. The topological polar surface area (TPSA) is 34.9 Å². The van der Waals surface area contributed by atoms with Gasteiger partial charge in [0.05, 0.1) is 11.7 Å². The summed E-state index contributed by atoms with van der Waals surface area (Å²) in [5.74, 6) is 0. The van der Waals surface area contributed by atoms with Crippen LogP contribution in [0.4, 0.5) is 0 Å². The van der Waals surface area contributed by atoms with E-state index in [4.69, 9.17) is 0 Å². The van der Waals surface area contributed by atoms with E-state index in [9.17, 15) is 4.79 Å². The minimum Gasteiger partial charge on any atom is -0.302 e. The van der Waals surface area contributed by atoms with Crippen LogP contribution in [0, 0.1) is 0 Å². The van der Waals surface area contributed by atoms with E-state index in [0.717, 1.165) is 4.83 Å². The Bertz CT molecular complexity index is 443. The van der Waals surface area contributed by atoms with Gasteiger partial charge in [0.1, 0.15) is 4.83 Å². The number of fused-ring (bicyclic) bond motifs is 1. The Hall–Kier alpha value is -1.16. The number of aromatic nitrogens is 2. The lowest BCUT2D eigenvalue weighted by Gasteiger charge is -1.93. The SMILES string of the molecule is Cn1cnc2sccc2c1=O. The molecule has 2 rings (SSSR count). The third kappa shape index (κ3) is 0.867. The molecule has 0 aliphatic rings. The molecule has 11 heavy (non-hydrogen) atoms. The van der Waals surface area contributed by atoms with Gasteiger partial charge in [-0.25, -0.2) is 4.98 Å². The maximum absolute atomic E-state index is 11.3. The molecule has 0 bridgehead atoms. The van der Waals surface area contributed by atoms with Crippen LogP contribution in [0.3, 0.4) is 0 Å². The minimum atomic E-state index is 0.0243. The van der Waals surface area contributed by atoms with Crippen LogP contribution in [0.15, 0.2) is 22.6 Å². The second-order valence-corrected chi connectivity index (χ2v) is 3.19. The smallest absolute Gasteiger partial charge is 0.261 e. The lowest BCUT2D eigenvalue weighted by molar-refractivity contribution is 0.844. The number of hydrogen-bond donors (Lipinski definition) is 0. The van der Waals surface area contributed by atoms with Crippen molar-refractivity contribution in [2.45, 2.75) is 0 Å². The first-order chi connectivity index (χ1) is 5.29. The maximum Gasteiger partial charge on any atom is 0.261 e. The highest BCUT2D eigenvalue weighted by Gasteiger charge is 2.00. The van der Waals surface area contributed by atoms with E-state index in [2.05, 4.69) is 4.98 Å². The zero-order valence-corrected chi connectivity index (χ0v) is 6.76. The summed E-state index contributed by atoms with van der Waals surface area (Å²) in [6.07, 6.45) is 1.54. The van der Waals surface area contributed by atoms with Crippen molar-refractivity contribution < 1.29 is 0 Å². The minimum absolute atomic E-state index is 0.0243. The van der Waals surface area contributed by atoms with Gasteiger partial charge in [-0.1, -0.05) is 0 Å². The lowest BCUT2D eigenvalue weighted by atomic mass is 10.4. The number of thiophene rings is 1. The summed E-state index contributed by atoms with van der Waals surface area (Å²) in [5, 5.41) is 2.58. The largest absolute Gasteiger partial charge is 0.302 e. The Labute approximate surface area is 66.9 Å². The van der Waals surface area contributed by atoms with Gasteiger partial charge in [0.2, 0.25) is 0 Å². The summed E-state index contributed by atoms with van der Waals surface area (Å²) in [5.41, 5.74) is 0.0243. The molecule has 56 valence electrons. The van der Waals surface area contributed by atoms with Crippen molar-refractivity contribution in [3.63, 3.8) is 0 Å².